The second-order valence-corrected chi connectivity index (χ2v) is 8.63. The first-order chi connectivity index (χ1) is 12.2. The molecule has 0 aromatic heterocycles. The number of likely N-dealkylation sites (N-methyl/N-ethyl adjacent to an activating group) is 1. The standard InChI is InChI=1S/C17H24FN3O4S/c1-3-21(10-16(22)19-15-8-9-26(24,25)11-15)12(2)17(23)20-14-6-4-13(18)5-7-14/h4-7,12,15H,3,8-11H2,1-2H3,(H,19,22)(H,20,23)/t12-,15+/m1/s1. The van der Waals surface area contributed by atoms with E-state index in [2.05, 4.69) is 10.6 Å². The number of benzene rings is 1. The Hall–Kier alpha value is -2.00. The molecule has 2 rings (SSSR count). The Bertz CT molecular complexity index is 752. The highest BCUT2D eigenvalue weighted by atomic mass is 32.2. The van der Waals surface area contributed by atoms with Gasteiger partial charge >= 0.3 is 0 Å². The van der Waals surface area contributed by atoms with Crippen molar-refractivity contribution in [3.8, 4) is 0 Å². The molecule has 144 valence electrons. The van der Waals surface area contributed by atoms with Crippen molar-refractivity contribution >= 4 is 27.3 Å². The summed E-state index contributed by atoms with van der Waals surface area (Å²) in [6.07, 6.45) is 0.417. The van der Waals surface area contributed by atoms with E-state index in [1.807, 2.05) is 6.92 Å². The van der Waals surface area contributed by atoms with Crippen LogP contribution in [-0.2, 0) is 19.4 Å². The maximum absolute atomic E-state index is 12.9. The Labute approximate surface area is 152 Å². The van der Waals surface area contributed by atoms with E-state index in [9.17, 15) is 22.4 Å². The number of carbonyl (C=O) groups is 2. The lowest BCUT2D eigenvalue weighted by atomic mass is 10.2. The Morgan fingerprint density at radius 3 is 2.50 bits per heavy atom. The molecule has 9 heteroatoms. The zero-order valence-corrected chi connectivity index (χ0v) is 15.7. The average molecular weight is 385 g/mol. The van der Waals surface area contributed by atoms with E-state index >= 15 is 0 Å². The Morgan fingerprint density at radius 1 is 1.31 bits per heavy atom. The Kier molecular flexibility index (Phi) is 6.71. The molecule has 2 N–H and O–H groups in total. The van der Waals surface area contributed by atoms with Crippen LogP contribution >= 0.6 is 0 Å². The average Bonchev–Trinajstić information content (AvgIpc) is 2.92. The predicted molar refractivity (Wildman–Crippen MR) is 96.9 cm³/mol. The fourth-order valence-electron chi connectivity index (χ4n) is 2.83. The zero-order valence-electron chi connectivity index (χ0n) is 14.9. The summed E-state index contributed by atoms with van der Waals surface area (Å²) in [6, 6.07) is 4.48. The van der Waals surface area contributed by atoms with E-state index in [1.165, 1.54) is 24.3 Å². The second-order valence-electron chi connectivity index (χ2n) is 6.40. The van der Waals surface area contributed by atoms with Crippen LogP contribution in [-0.4, -0.2) is 61.8 Å². The fraction of sp³-hybridized carbons (Fsp3) is 0.529. The number of hydrogen-bond acceptors (Lipinski definition) is 5. The Balaban J connectivity index is 1.88. The van der Waals surface area contributed by atoms with Gasteiger partial charge in [-0.2, -0.15) is 0 Å². The van der Waals surface area contributed by atoms with E-state index in [0.717, 1.165) is 0 Å². The van der Waals surface area contributed by atoms with Crippen molar-refractivity contribution in [1.29, 1.82) is 0 Å². The minimum atomic E-state index is -3.06. The van der Waals surface area contributed by atoms with Gasteiger partial charge in [-0.05, 0) is 44.2 Å². The molecule has 0 aliphatic carbocycles. The van der Waals surface area contributed by atoms with Gasteiger partial charge in [0.2, 0.25) is 11.8 Å². The summed E-state index contributed by atoms with van der Waals surface area (Å²) in [5, 5.41) is 5.40. The van der Waals surface area contributed by atoms with Gasteiger partial charge in [-0.3, -0.25) is 14.5 Å². The Morgan fingerprint density at radius 2 is 1.96 bits per heavy atom. The van der Waals surface area contributed by atoms with Crippen molar-refractivity contribution in [1.82, 2.24) is 10.2 Å². The molecule has 0 bridgehead atoms. The lowest BCUT2D eigenvalue weighted by Gasteiger charge is -2.26. The highest BCUT2D eigenvalue weighted by molar-refractivity contribution is 7.91. The van der Waals surface area contributed by atoms with Gasteiger partial charge in [0.15, 0.2) is 9.84 Å². The van der Waals surface area contributed by atoms with Gasteiger partial charge in [-0.25, -0.2) is 12.8 Å². The van der Waals surface area contributed by atoms with Crippen molar-refractivity contribution in [2.75, 3.05) is 29.9 Å². The molecule has 1 aromatic rings. The van der Waals surface area contributed by atoms with Crippen LogP contribution in [0.1, 0.15) is 20.3 Å². The maximum atomic E-state index is 12.9. The SMILES string of the molecule is CCN(CC(=O)N[C@H]1CCS(=O)(=O)C1)[C@H](C)C(=O)Nc1ccc(F)cc1. The number of anilines is 1. The van der Waals surface area contributed by atoms with Gasteiger partial charge in [0.05, 0.1) is 24.1 Å². The molecule has 1 aliphatic rings. The summed E-state index contributed by atoms with van der Waals surface area (Å²) in [6.45, 7) is 3.96. The molecule has 1 aliphatic heterocycles. The zero-order chi connectivity index (χ0) is 19.3. The number of nitrogens with one attached hydrogen (secondary N) is 2. The van der Waals surface area contributed by atoms with Crippen molar-refractivity contribution in [2.24, 2.45) is 0 Å². The quantitative estimate of drug-likeness (QED) is 0.723. The van der Waals surface area contributed by atoms with Gasteiger partial charge in [-0.1, -0.05) is 6.92 Å². The van der Waals surface area contributed by atoms with Crippen LogP contribution < -0.4 is 10.6 Å². The molecule has 1 fully saturated rings. The molecule has 0 spiro atoms. The highest BCUT2D eigenvalue weighted by Gasteiger charge is 2.30. The summed E-state index contributed by atoms with van der Waals surface area (Å²) < 4.78 is 35.8. The first kappa shape index (κ1) is 20.3. The first-order valence-electron chi connectivity index (χ1n) is 8.50. The predicted octanol–water partition coefficient (Wildman–Crippen LogP) is 0.778. The number of sulfone groups is 1. The van der Waals surface area contributed by atoms with Crippen molar-refractivity contribution < 1.29 is 22.4 Å². The summed E-state index contributed by atoms with van der Waals surface area (Å²) in [7, 11) is -3.06. The lowest BCUT2D eigenvalue weighted by Crippen LogP contribution is -2.48. The van der Waals surface area contributed by atoms with Gasteiger partial charge in [0.1, 0.15) is 5.82 Å². The topological polar surface area (TPSA) is 95.6 Å². The summed E-state index contributed by atoms with van der Waals surface area (Å²) >= 11 is 0. The van der Waals surface area contributed by atoms with E-state index in [0.29, 0.717) is 18.7 Å². The molecular weight excluding hydrogens is 361 g/mol. The summed E-state index contributed by atoms with van der Waals surface area (Å²) in [5.74, 6) is -0.959. The molecule has 0 radical (unpaired) electrons. The maximum Gasteiger partial charge on any atom is 0.241 e. The molecule has 1 heterocycles. The first-order valence-corrected chi connectivity index (χ1v) is 10.3. The van der Waals surface area contributed by atoms with Crippen LogP contribution in [0.3, 0.4) is 0 Å². The molecular formula is C17H24FN3O4S. The number of hydrogen-bond donors (Lipinski definition) is 2. The van der Waals surface area contributed by atoms with Crippen molar-refractivity contribution in [3.63, 3.8) is 0 Å². The number of halogens is 1. The largest absolute Gasteiger partial charge is 0.351 e. The third kappa shape index (κ3) is 5.77. The number of carbonyl (C=O) groups excluding carboxylic acids is 2. The molecule has 7 nitrogen and oxygen atoms in total. The third-order valence-corrected chi connectivity index (χ3v) is 6.16. The fourth-order valence-corrected chi connectivity index (χ4v) is 4.51. The smallest absolute Gasteiger partial charge is 0.241 e. The van der Waals surface area contributed by atoms with Crippen molar-refractivity contribution in [2.45, 2.75) is 32.4 Å². The summed E-state index contributed by atoms with van der Waals surface area (Å²) in [5.41, 5.74) is 0.472. The van der Waals surface area contributed by atoms with Crippen molar-refractivity contribution in [3.05, 3.63) is 30.1 Å². The van der Waals surface area contributed by atoms with Crippen LogP contribution in [0.4, 0.5) is 10.1 Å². The summed E-state index contributed by atoms with van der Waals surface area (Å²) in [4.78, 5) is 26.2. The third-order valence-electron chi connectivity index (χ3n) is 4.39. The molecule has 0 unspecified atom stereocenters. The monoisotopic (exact) mass is 385 g/mol. The van der Waals surface area contributed by atoms with E-state index in [1.54, 1.807) is 11.8 Å². The van der Waals surface area contributed by atoms with Gasteiger partial charge in [0, 0.05) is 11.7 Å². The molecule has 2 amide bonds. The molecule has 26 heavy (non-hydrogen) atoms. The second kappa shape index (κ2) is 8.59. The van der Waals surface area contributed by atoms with Gasteiger partial charge in [0.25, 0.3) is 0 Å². The minimum Gasteiger partial charge on any atom is -0.351 e. The minimum absolute atomic E-state index is 0.00888. The molecule has 2 atom stereocenters. The highest BCUT2D eigenvalue weighted by Crippen LogP contribution is 2.12. The van der Waals surface area contributed by atoms with Gasteiger partial charge in [-0.15, -0.1) is 0 Å². The number of nitrogens with zero attached hydrogens (tertiary/aromatic N) is 1. The van der Waals surface area contributed by atoms with E-state index < -0.39 is 21.7 Å². The van der Waals surface area contributed by atoms with Crippen LogP contribution in [0.2, 0.25) is 0 Å². The van der Waals surface area contributed by atoms with Crippen LogP contribution in [0.5, 0.6) is 0 Å². The number of rotatable bonds is 7. The normalized spacial score (nSPS) is 19.9. The van der Waals surface area contributed by atoms with Crippen LogP contribution in [0, 0.1) is 5.82 Å². The molecule has 0 saturated carbocycles. The molecule has 1 aromatic carbocycles. The van der Waals surface area contributed by atoms with Crippen LogP contribution in [0.15, 0.2) is 24.3 Å². The van der Waals surface area contributed by atoms with Crippen LogP contribution in [0.25, 0.3) is 0 Å². The van der Waals surface area contributed by atoms with Gasteiger partial charge < -0.3 is 10.6 Å². The lowest BCUT2D eigenvalue weighted by molar-refractivity contribution is -0.125. The van der Waals surface area contributed by atoms with E-state index in [-0.39, 0.29) is 35.9 Å². The van der Waals surface area contributed by atoms with E-state index in [4.69, 9.17) is 0 Å². The number of amides is 2. The molecule has 1 saturated heterocycles.